The fraction of sp³-hybridized carbons (Fsp3) is 0.135. The predicted molar refractivity (Wildman–Crippen MR) is 199 cm³/mol. The fourth-order valence-corrected chi connectivity index (χ4v) is 9.19. The molecule has 0 atom stereocenters. The Balaban J connectivity index is 1.65. The summed E-state index contributed by atoms with van der Waals surface area (Å²) in [7, 11) is -8.12. The predicted octanol–water partition coefficient (Wildman–Crippen LogP) is 6.14. The number of carboxylic acid groups (broad SMARTS) is 2. The zero-order valence-electron chi connectivity index (χ0n) is 28.2. The average Bonchev–Trinajstić information content (AvgIpc) is 3.15. The number of fused-ring (bicyclic) bond motifs is 2. The maximum Gasteiger partial charge on any atom is 0.324 e. The first kappa shape index (κ1) is 37.9. The number of sulfonamides is 2. The molecule has 0 aromatic heterocycles. The van der Waals surface area contributed by atoms with Crippen molar-refractivity contribution in [3.63, 3.8) is 0 Å². The molecule has 5 aromatic rings. The Kier molecular flexibility index (Phi) is 10.7. The van der Waals surface area contributed by atoms with Gasteiger partial charge in [0, 0.05) is 28.5 Å². The number of ether oxygens (including phenoxy) is 3. The minimum atomic E-state index is -4.84. The van der Waals surface area contributed by atoms with Crippen LogP contribution in [0, 0.1) is 5.82 Å². The Bertz CT molecular complexity index is 2510. The van der Waals surface area contributed by atoms with Crippen molar-refractivity contribution >= 4 is 77.9 Å². The molecule has 0 unspecified atom stereocenters. The van der Waals surface area contributed by atoms with Crippen molar-refractivity contribution in [3.05, 3.63) is 113 Å². The summed E-state index contributed by atoms with van der Waals surface area (Å²) in [4.78, 5) is 24.0. The summed E-state index contributed by atoms with van der Waals surface area (Å²) in [5.74, 6) is -2.98. The van der Waals surface area contributed by atoms with E-state index in [1.807, 2.05) is 0 Å². The molecule has 6 rings (SSSR count). The number of hydrogen-bond donors (Lipinski definition) is 2. The van der Waals surface area contributed by atoms with Gasteiger partial charge in [-0.05, 0) is 48.0 Å². The molecule has 13 nitrogen and oxygen atoms in total. The Morgan fingerprint density at radius 3 is 2.00 bits per heavy atom. The number of methoxy groups -OCH3 is 1. The molecule has 280 valence electrons. The van der Waals surface area contributed by atoms with Crippen LogP contribution in [-0.2, 0) is 29.6 Å². The summed E-state index contributed by atoms with van der Waals surface area (Å²) in [6.07, 6.45) is 2.86. The van der Waals surface area contributed by atoms with Gasteiger partial charge in [-0.1, -0.05) is 60.2 Å². The van der Waals surface area contributed by atoms with E-state index in [4.69, 9.17) is 25.8 Å². The van der Waals surface area contributed by atoms with Crippen molar-refractivity contribution < 1.29 is 55.2 Å². The summed E-state index contributed by atoms with van der Waals surface area (Å²) in [6.45, 7) is -1.87. The summed E-state index contributed by atoms with van der Waals surface area (Å²) in [5.41, 5.74) is 0.0256. The van der Waals surface area contributed by atoms with Crippen molar-refractivity contribution in [2.45, 2.75) is 9.79 Å². The van der Waals surface area contributed by atoms with E-state index in [-0.39, 0.29) is 62.3 Å². The van der Waals surface area contributed by atoms with Crippen LogP contribution in [0.5, 0.6) is 17.2 Å². The van der Waals surface area contributed by atoms with Crippen LogP contribution in [0.1, 0.15) is 11.1 Å². The van der Waals surface area contributed by atoms with Gasteiger partial charge in [-0.15, -0.1) is 0 Å². The second-order valence-corrected chi connectivity index (χ2v) is 15.8. The highest BCUT2D eigenvalue weighted by atomic mass is 35.5. The van der Waals surface area contributed by atoms with Crippen molar-refractivity contribution in [1.82, 2.24) is 0 Å². The van der Waals surface area contributed by atoms with Crippen LogP contribution >= 0.6 is 11.6 Å². The fourth-order valence-electron chi connectivity index (χ4n) is 5.80. The number of hydrogen-bond acceptors (Lipinski definition) is 9. The van der Waals surface area contributed by atoms with Gasteiger partial charge in [0.05, 0.1) is 28.4 Å². The number of nitrogens with zero attached hydrogens (tertiary/aromatic N) is 2. The van der Waals surface area contributed by atoms with Crippen molar-refractivity contribution in [2.75, 3.05) is 42.0 Å². The van der Waals surface area contributed by atoms with Crippen LogP contribution in [0.25, 0.3) is 22.9 Å². The van der Waals surface area contributed by atoms with Crippen molar-refractivity contribution in [3.8, 4) is 17.2 Å². The zero-order chi connectivity index (χ0) is 38.8. The molecule has 54 heavy (non-hydrogen) atoms. The standard InChI is InChI=1S/C37H30ClFN2O11S2/c1-50-26-12-14-27(15-13-26)53(46,47)41(22-36(44)45)37-24(9-6-23-7-10-25(39)11-8-23)18-31(28-4-2-3-5-29(28)37)40(21-35(42)43)54(48,49)34-20-33-32(19-30(34)38)51-16-17-52-33/h2-15,18-20H,16-17,21-22H2,1H3,(H,42,43)(H,44,45)/b9-6+. The van der Waals surface area contributed by atoms with Gasteiger partial charge in [-0.2, -0.15) is 0 Å². The van der Waals surface area contributed by atoms with Gasteiger partial charge >= 0.3 is 11.9 Å². The number of benzene rings is 5. The maximum atomic E-state index is 14.5. The van der Waals surface area contributed by atoms with Crippen LogP contribution in [0.15, 0.2) is 101 Å². The molecular formula is C37H30ClFN2O11S2. The third-order valence-electron chi connectivity index (χ3n) is 8.24. The van der Waals surface area contributed by atoms with E-state index in [9.17, 15) is 41.0 Å². The van der Waals surface area contributed by atoms with Crippen LogP contribution < -0.4 is 22.8 Å². The lowest BCUT2D eigenvalue weighted by molar-refractivity contribution is -0.136. The topological polar surface area (TPSA) is 177 Å². The van der Waals surface area contributed by atoms with E-state index in [2.05, 4.69) is 0 Å². The van der Waals surface area contributed by atoms with E-state index in [0.717, 1.165) is 6.07 Å². The van der Waals surface area contributed by atoms with Crippen LogP contribution in [0.3, 0.4) is 0 Å². The van der Waals surface area contributed by atoms with Crippen LogP contribution in [0.2, 0.25) is 5.02 Å². The Morgan fingerprint density at radius 1 is 0.796 bits per heavy atom. The first-order valence-electron chi connectivity index (χ1n) is 15.9. The van der Waals surface area contributed by atoms with Crippen LogP contribution in [-0.4, -0.2) is 72.4 Å². The molecule has 17 heteroatoms. The van der Waals surface area contributed by atoms with Gasteiger partial charge in [0.1, 0.15) is 42.8 Å². The minimum Gasteiger partial charge on any atom is -0.497 e. The highest BCUT2D eigenvalue weighted by Crippen LogP contribution is 2.44. The molecule has 1 aliphatic rings. The van der Waals surface area contributed by atoms with E-state index in [1.54, 1.807) is 0 Å². The average molecular weight is 797 g/mol. The zero-order valence-corrected chi connectivity index (χ0v) is 30.6. The second kappa shape index (κ2) is 15.3. The number of halogens is 2. The Labute approximate surface area is 314 Å². The van der Waals surface area contributed by atoms with Crippen LogP contribution in [0.4, 0.5) is 15.8 Å². The highest BCUT2D eigenvalue weighted by molar-refractivity contribution is 7.93. The second-order valence-electron chi connectivity index (χ2n) is 11.7. The molecule has 0 saturated heterocycles. The summed E-state index contributed by atoms with van der Waals surface area (Å²) in [5, 5.41) is 19.9. The molecule has 0 radical (unpaired) electrons. The van der Waals surface area contributed by atoms with Gasteiger partial charge in [-0.25, -0.2) is 21.2 Å². The molecule has 1 heterocycles. The first-order valence-corrected chi connectivity index (χ1v) is 19.2. The summed E-state index contributed by atoms with van der Waals surface area (Å²) in [6, 6.07) is 20.0. The smallest absolute Gasteiger partial charge is 0.324 e. The number of carboxylic acids is 2. The number of anilines is 2. The van der Waals surface area contributed by atoms with Gasteiger partial charge in [0.25, 0.3) is 20.0 Å². The SMILES string of the molecule is COc1ccc(S(=O)(=O)N(CC(=O)O)c2c(/C=C/c3ccc(F)cc3)cc(N(CC(=O)O)S(=O)(=O)c3cc4c(cc3Cl)OCCO4)c3ccccc23)cc1. The third kappa shape index (κ3) is 7.62. The molecule has 0 aliphatic carbocycles. The molecule has 0 amide bonds. The molecule has 0 fully saturated rings. The maximum absolute atomic E-state index is 14.5. The monoisotopic (exact) mass is 796 g/mol. The van der Waals surface area contributed by atoms with Crippen molar-refractivity contribution in [1.29, 1.82) is 0 Å². The lowest BCUT2D eigenvalue weighted by Crippen LogP contribution is -2.37. The quantitative estimate of drug-likeness (QED) is 0.131. The minimum absolute atomic E-state index is 0.0368. The molecular weight excluding hydrogens is 767 g/mol. The largest absolute Gasteiger partial charge is 0.497 e. The molecule has 0 bridgehead atoms. The number of rotatable bonds is 13. The van der Waals surface area contributed by atoms with E-state index in [0.29, 0.717) is 19.9 Å². The van der Waals surface area contributed by atoms with E-state index in [1.165, 1.54) is 104 Å². The molecule has 5 aromatic carbocycles. The molecule has 2 N–H and O–H groups in total. The summed E-state index contributed by atoms with van der Waals surface area (Å²) < 4.78 is 89.1. The lowest BCUT2D eigenvalue weighted by atomic mass is 10.00. The van der Waals surface area contributed by atoms with Gasteiger partial charge in [-0.3, -0.25) is 18.2 Å². The number of carbonyl (C=O) groups is 2. The number of aliphatic carboxylic acids is 2. The van der Waals surface area contributed by atoms with Gasteiger partial charge in [0.15, 0.2) is 11.5 Å². The first-order chi connectivity index (χ1) is 25.7. The van der Waals surface area contributed by atoms with E-state index < -0.39 is 55.8 Å². The Morgan fingerprint density at radius 2 is 1.39 bits per heavy atom. The van der Waals surface area contributed by atoms with E-state index >= 15 is 0 Å². The molecule has 0 saturated carbocycles. The third-order valence-corrected chi connectivity index (χ3v) is 12.2. The summed E-state index contributed by atoms with van der Waals surface area (Å²) >= 11 is 6.47. The van der Waals surface area contributed by atoms with Crippen molar-refractivity contribution in [2.24, 2.45) is 0 Å². The normalized spacial score (nSPS) is 12.8. The molecule has 1 aliphatic heterocycles. The Hall–Kier alpha value is -5.84. The highest BCUT2D eigenvalue weighted by Gasteiger charge is 2.35. The van der Waals surface area contributed by atoms with Gasteiger partial charge in [0.2, 0.25) is 0 Å². The molecule has 0 spiro atoms. The van der Waals surface area contributed by atoms with Gasteiger partial charge < -0.3 is 24.4 Å². The lowest BCUT2D eigenvalue weighted by Gasteiger charge is -2.30.